The number of carbonyl (C=O) groups excluding carboxylic acids is 1. The van der Waals surface area contributed by atoms with Gasteiger partial charge in [0, 0.05) is 16.9 Å². The zero-order valence-corrected chi connectivity index (χ0v) is 9.60. The molecule has 0 spiro atoms. The smallest absolute Gasteiger partial charge is 0.255 e. The van der Waals surface area contributed by atoms with E-state index < -0.39 is 0 Å². The lowest BCUT2D eigenvalue weighted by molar-refractivity contribution is 0.102. The van der Waals surface area contributed by atoms with Crippen molar-refractivity contribution in [3.05, 3.63) is 59.7 Å². The topological polar surface area (TPSA) is 55.1 Å². The Morgan fingerprint density at radius 1 is 1.12 bits per heavy atom. The molecule has 0 aromatic heterocycles. The number of nitrogen functional groups attached to an aromatic ring is 1. The third-order valence-electron chi connectivity index (χ3n) is 2.57. The summed E-state index contributed by atoms with van der Waals surface area (Å²) in [6.07, 6.45) is 0. The SMILES string of the molecule is Cc1ccc(C(=O)Nc2ccccc2)cc1N. The monoisotopic (exact) mass is 226 g/mol. The molecule has 3 nitrogen and oxygen atoms in total. The number of amides is 1. The Balaban J connectivity index is 2.18. The molecule has 86 valence electrons. The van der Waals surface area contributed by atoms with Crippen LogP contribution in [-0.4, -0.2) is 5.91 Å². The van der Waals surface area contributed by atoms with E-state index in [1.54, 1.807) is 12.1 Å². The maximum atomic E-state index is 11.9. The molecule has 0 aliphatic rings. The van der Waals surface area contributed by atoms with Gasteiger partial charge in [-0.25, -0.2) is 0 Å². The van der Waals surface area contributed by atoms with Crippen LogP contribution in [0.3, 0.4) is 0 Å². The highest BCUT2D eigenvalue weighted by Gasteiger charge is 2.06. The number of anilines is 2. The van der Waals surface area contributed by atoms with Gasteiger partial charge in [-0.2, -0.15) is 0 Å². The maximum Gasteiger partial charge on any atom is 0.255 e. The lowest BCUT2D eigenvalue weighted by Gasteiger charge is -2.06. The number of benzene rings is 2. The Hall–Kier alpha value is -2.29. The van der Waals surface area contributed by atoms with Crippen molar-refractivity contribution in [1.29, 1.82) is 0 Å². The molecule has 3 N–H and O–H groups in total. The van der Waals surface area contributed by atoms with Crippen LogP contribution in [0.2, 0.25) is 0 Å². The molecule has 2 rings (SSSR count). The molecule has 0 unspecified atom stereocenters. The van der Waals surface area contributed by atoms with Crippen molar-refractivity contribution in [1.82, 2.24) is 0 Å². The summed E-state index contributed by atoms with van der Waals surface area (Å²) in [6, 6.07) is 14.6. The van der Waals surface area contributed by atoms with Crippen molar-refractivity contribution in [2.24, 2.45) is 0 Å². The summed E-state index contributed by atoms with van der Waals surface area (Å²) in [5.41, 5.74) is 8.72. The summed E-state index contributed by atoms with van der Waals surface area (Å²) in [5, 5.41) is 2.81. The van der Waals surface area contributed by atoms with Gasteiger partial charge in [-0.3, -0.25) is 4.79 Å². The Kier molecular flexibility index (Phi) is 3.10. The number of hydrogen-bond donors (Lipinski definition) is 2. The molecular weight excluding hydrogens is 212 g/mol. The molecule has 3 heteroatoms. The van der Waals surface area contributed by atoms with E-state index in [9.17, 15) is 4.79 Å². The van der Waals surface area contributed by atoms with E-state index in [4.69, 9.17) is 5.73 Å². The molecule has 0 saturated carbocycles. The summed E-state index contributed by atoms with van der Waals surface area (Å²) in [5.74, 6) is -0.150. The summed E-state index contributed by atoms with van der Waals surface area (Å²) in [6.45, 7) is 1.91. The second-order valence-corrected chi connectivity index (χ2v) is 3.89. The van der Waals surface area contributed by atoms with E-state index in [0.29, 0.717) is 11.3 Å². The van der Waals surface area contributed by atoms with Crippen LogP contribution in [0, 0.1) is 6.92 Å². The van der Waals surface area contributed by atoms with Crippen molar-refractivity contribution in [2.75, 3.05) is 11.1 Å². The highest BCUT2D eigenvalue weighted by atomic mass is 16.1. The minimum atomic E-state index is -0.150. The average Bonchev–Trinajstić information content (AvgIpc) is 2.34. The Bertz CT molecular complexity index is 535. The van der Waals surface area contributed by atoms with Gasteiger partial charge < -0.3 is 11.1 Å². The van der Waals surface area contributed by atoms with Crippen molar-refractivity contribution in [3.63, 3.8) is 0 Å². The Morgan fingerprint density at radius 3 is 2.47 bits per heavy atom. The molecule has 0 fully saturated rings. The summed E-state index contributed by atoms with van der Waals surface area (Å²) >= 11 is 0. The van der Waals surface area contributed by atoms with Gasteiger partial charge in [0.15, 0.2) is 0 Å². The summed E-state index contributed by atoms with van der Waals surface area (Å²) in [7, 11) is 0. The molecule has 2 aromatic carbocycles. The fourth-order valence-corrected chi connectivity index (χ4v) is 1.51. The molecule has 0 aliphatic heterocycles. The fraction of sp³-hybridized carbons (Fsp3) is 0.0714. The Morgan fingerprint density at radius 2 is 1.82 bits per heavy atom. The first kappa shape index (κ1) is 11.2. The van der Waals surface area contributed by atoms with E-state index in [2.05, 4.69) is 5.32 Å². The first-order chi connectivity index (χ1) is 8.16. The number of rotatable bonds is 2. The second kappa shape index (κ2) is 4.70. The van der Waals surface area contributed by atoms with Gasteiger partial charge >= 0.3 is 0 Å². The van der Waals surface area contributed by atoms with Crippen LogP contribution in [0.5, 0.6) is 0 Å². The molecule has 1 amide bonds. The van der Waals surface area contributed by atoms with Crippen molar-refractivity contribution < 1.29 is 4.79 Å². The van der Waals surface area contributed by atoms with Gasteiger partial charge in [-0.1, -0.05) is 24.3 Å². The zero-order chi connectivity index (χ0) is 12.3. The van der Waals surface area contributed by atoms with Crippen molar-refractivity contribution in [3.8, 4) is 0 Å². The molecular formula is C14H14N2O. The lowest BCUT2D eigenvalue weighted by atomic mass is 10.1. The van der Waals surface area contributed by atoms with Crippen LogP contribution in [-0.2, 0) is 0 Å². The van der Waals surface area contributed by atoms with E-state index in [-0.39, 0.29) is 5.91 Å². The standard InChI is InChI=1S/C14H14N2O/c1-10-7-8-11(9-13(10)15)14(17)16-12-5-3-2-4-6-12/h2-9H,15H2,1H3,(H,16,17). The largest absolute Gasteiger partial charge is 0.398 e. The van der Waals surface area contributed by atoms with E-state index in [1.807, 2.05) is 43.3 Å². The van der Waals surface area contributed by atoms with Gasteiger partial charge in [0.1, 0.15) is 0 Å². The molecule has 0 bridgehead atoms. The Labute approximate surface area is 100 Å². The summed E-state index contributed by atoms with van der Waals surface area (Å²) in [4.78, 5) is 11.9. The highest BCUT2D eigenvalue weighted by Crippen LogP contribution is 2.14. The zero-order valence-electron chi connectivity index (χ0n) is 9.60. The quantitative estimate of drug-likeness (QED) is 0.773. The molecule has 0 heterocycles. The van der Waals surface area contributed by atoms with E-state index in [0.717, 1.165) is 11.3 Å². The normalized spacial score (nSPS) is 9.94. The summed E-state index contributed by atoms with van der Waals surface area (Å²) < 4.78 is 0. The highest BCUT2D eigenvalue weighted by molar-refractivity contribution is 6.04. The molecule has 0 atom stereocenters. The van der Waals surface area contributed by atoms with Crippen LogP contribution in [0.4, 0.5) is 11.4 Å². The van der Waals surface area contributed by atoms with Crippen LogP contribution >= 0.6 is 0 Å². The number of carbonyl (C=O) groups is 1. The lowest BCUT2D eigenvalue weighted by Crippen LogP contribution is -2.12. The first-order valence-electron chi connectivity index (χ1n) is 5.39. The van der Waals surface area contributed by atoms with Crippen LogP contribution in [0.15, 0.2) is 48.5 Å². The van der Waals surface area contributed by atoms with Gasteiger partial charge in [0.25, 0.3) is 5.91 Å². The number of nitrogens with two attached hydrogens (primary N) is 1. The van der Waals surface area contributed by atoms with Gasteiger partial charge in [0.05, 0.1) is 0 Å². The van der Waals surface area contributed by atoms with Crippen molar-refractivity contribution in [2.45, 2.75) is 6.92 Å². The van der Waals surface area contributed by atoms with Crippen molar-refractivity contribution >= 4 is 17.3 Å². The number of hydrogen-bond acceptors (Lipinski definition) is 2. The predicted molar refractivity (Wildman–Crippen MR) is 70.0 cm³/mol. The fourth-order valence-electron chi connectivity index (χ4n) is 1.51. The van der Waals surface area contributed by atoms with Crippen LogP contribution in [0.1, 0.15) is 15.9 Å². The number of nitrogens with one attached hydrogen (secondary N) is 1. The number of para-hydroxylation sites is 1. The minimum absolute atomic E-state index is 0.150. The van der Waals surface area contributed by atoms with Crippen LogP contribution in [0.25, 0.3) is 0 Å². The average molecular weight is 226 g/mol. The molecule has 0 saturated heterocycles. The maximum absolute atomic E-state index is 11.9. The first-order valence-corrected chi connectivity index (χ1v) is 5.39. The van der Waals surface area contributed by atoms with Gasteiger partial charge in [-0.15, -0.1) is 0 Å². The van der Waals surface area contributed by atoms with Gasteiger partial charge in [0.2, 0.25) is 0 Å². The predicted octanol–water partition coefficient (Wildman–Crippen LogP) is 2.83. The number of aryl methyl sites for hydroxylation is 1. The van der Waals surface area contributed by atoms with E-state index in [1.165, 1.54) is 0 Å². The van der Waals surface area contributed by atoms with Crippen LogP contribution < -0.4 is 11.1 Å². The second-order valence-electron chi connectivity index (χ2n) is 3.89. The minimum Gasteiger partial charge on any atom is -0.398 e. The van der Waals surface area contributed by atoms with E-state index >= 15 is 0 Å². The third kappa shape index (κ3) is 2.64. The molecule has 17 heavy (non-hydrogen) atoms. The van der Waals surface area contributed by atoms with Gasteiger partial charge in [-0.05, 0) is 36.8 Å². The third-order valence-corrected chi connectivity index (χ3v) is 2.57. The molecule has 2 aromatic rings. The molecule has 0 radical (unpaired) electrons. The molecule has 0 aliphatic carbocycles.